The lowest BCUT2D eigenvalue weighted by atomic mass is 9.99. The molecule has 0 aliphatic heterocycles. The average Bonchev–Trinajstić information content (AvgIpc) is 2.80. The van der Waals surface area contributed by atoms with Crippen molar-refractivity contribution in [2.75, 3.05) is 0 Å². The molecule has 0 bridgehead atoms. The van der Waals surface area contributed by atoms with E-state index in [1.54, 1.807) is 18.2 Å². The van der Waals surface area contributed by atoms with Crippen LogP contribution in [-0.2, 0) is 19.3 Å². The summed E-state index contributed by atoms with van der Waals surface area (Å²) >= 11 is 0. The minimum absolute atomic E-state index is 0.196. The van der Waals surface area contributed by atoms with Crippen molar-refractivity contribution in [1.82, 2.24) is 9.97 Å². The fraction of sp³-hybridized carbons (Fsp3) is 0.259. The van der Waals surface area contributed by atoms with E-state index in [0.29, 0.717) is 29.6 Å². The molecule has 0 aliphatic carbocycles. The molecule has 31 heavy (non-hydrogen) atoms. The summed E-state index contributed by atoms with van der Waals surface area (Å²) in [5, 5.41) is 1.42. The Morgan fingerprint density at radius 2 is 1.52 bits per heavy atom. The van der Waals surface area contributed by atoms with Gasteiger partial charge in [0.25, 0.3) is 0 Å². The van der Waals surface area contributed by atoms with Crippen molar-refractivity contribution in [1.29, 1.82) is 0 Å². The number of halogens is 2. The molecule has 0 aliphatic rings. The minimum Gasteiger partial charge on any atom is -0.236 e. The normalized spacial score (nSPS) is 11.2. The van der Waals surface area contributed by atoms with Gasteiger partial charge >= 0.3 is 0 Å². The van der Waals surface area contributed by atoms with Crippen molar-refractivity contribution in [2.24, 2.45) is 0 Å². The molecule has 3 aromatic carbocycles. The van der Waals surface area contributed by atoms with Crippen LogP contribution < -0.4 is 0 Å². The number of unbranched alkanes of at least 4 members (excludes halogenated alkanes) is 2. The Morgan fingerprint density at radius 1 is 0.742 bits per heavy atom. The highest BCUT2D eigenvalue weighted by Crippen LogP contribution is 2.26. The summed E-state index contributed by atoms with van der Waals surface area (Å²) in [5.41, 5.74) is 3.68. The molecule has 1 heterocycles. The topological polar surface area (TPSA) is 25.8 Å². The van der Waals surface area contributed by atoms with Gasteiger partial charge in [0.15, 0.2) is 5.82 Å². The second-order valence-corrected chi connectivity index (χ2v) is 7.97. The van der Waals surface area contributed by atoms with E-state index in [0.717, 1.165) is 34.9 Å². The van der Waals surface area contributed by atoms with Gasteiger partial charge in [-0.3, -0.25) is 0 Å². The van der Waals surface area contributed by atoms with Gasteiger partial charge in [-0.25, -0.2) is 18.7 Å². The van der Waals surface area contributed by atoms with Gasteiger partial charge in [0, 0.05) is 23.3 Å². The maximum atomic E-state index is 15.1. The standard InChI is InChI=1S/C27H26F2N2/c1-2-3-4-5-20-17-30-27(31-18-20)23-12-15-25-22(16-23)11-10-21(26(25)29)9-6-19-7-13-24(28)14-8-19/h7-8,10-18H,2-6,9H2,1H3. The van der Waals surface area contributed by atoms with Crippen LogP contribution in [0.3, 0.4) is 0 Å². The van der Waals surface area contributed by atoms with Crippen molar-refractivity contribution in [3.8, 4) is 11.4 Å². The first-order valence-corrected chi connectivity index (χ1v) is 10.9. The largest absolute Gasteiger partial charge is 0.236 e. The summed E-state index contributed by atoms with van der Waals surface area (Å²) in [5.74, 6) is 0.201. The van der Waals surface area contributed by atoms with Crippen LogP contribution in [-0.4, -0.2) is 9.97 Å². The average molecular weight is 417 g/mol. The second kappa shape index (κ2) is 9.78. The van der Waals surface area contributed by atoms with Gasteiger partial charge in [-0.05, 0) is 66.0 Å². The molecule has 0 atom stereocenters. The Morgan fingerprint density at radius 3 is 2.26 bits per heavy atom. The predicted molar refractivity (Wildman–Crippen MR) is 122 cm³/mol. The number of aryl methyl sites for hydroxylation is 3. The first-order valence-electron chi connectivity index (χ1n) is 10.9. The van der Waals surface area contributed by atoms with Crippen LogP contribution in [0.2, 0.25) is 0 Å². The van der Waals surface area contributed by atoms with E-state index in [1.165, 1.54) is 25.0 Å². The van der Waals surface area contributed by atoms with Crippen LogP contribution in [0.4, 0.5) is 8.78 Å². The first kappa shape index (κ1) is 21.1. The SMILES string of the molecule is CCCCCc1cnc(-c2ccc3c(F)c(CCc4ccc(F)cc4)ccc3c2)nc1. The molecular formula is C27H26F2N2. The number of hydrogen-bond donors (Lipinski definition) is 0. The molecule has 0 amide bonds. The molecule has 1 aromatic heterocycles. The van der Waals surface area contributed by atoms with Gasteiger partial charge in [-0.1, -0.05) is 56.2 Å². The lowest BCUT2D eigenvalue weighted by Crippen LogP contribution is -1.97. The second-order valence-electron chi connectivity index (χ2n) is 7.97. The van der Waals surface area contributed by atoms with E-state index in [9.17, 15) is 4.39 Å². The van der Waals surface area contributed by atoms with Crippen molar-refractivity contribution in [3.05, 3.63) is 95.3 Å². The molecule has 0 N–H and O–H groups in total. The molecule has 0 spiro atoms. The molecule has 0 radical (unpaired) electrons. The molecule has 4 rings (SSSR count). The van der Waals surface area contributed by atoms with Gasteiger partial charge in [0.1, 0.15) is 11.6 Å². The molecule has 4 heteroatoms. The van der Waals surface area contributed by atoms with Gasteiger partial charge < -0.3 is 0 Å². The Labute approximate surface area is 182 Å². The zero-order valence-electron chi connectivity index (χ0n) is 17.7. The van der Waals surface area contributed by atoms with Gasteiger partial charge in [-0.15, -0.1) is 0 Å². The quantitative estimate of drug-likeness (QED) is 0.287. The molecule has 0 fully saturated rings. The van der Waals surface area contributed by atoms with Crippen molar-refractivity contribution < 1.29 is 8.78 Å². The summed E-state index contributed by atoms with van der Waals surface area (Å²) in [6, 6.07) is 15.8. The Hall–Kier alpha value is -3.14. The van der Waals surface area contributed by atoms with Crippen LogP contribution >= 0.6 is 0 Å². The molecule has 0 saturated carbocycles. The van der Waals surface area contributed by atoms with Crippen LogP contribution in [0.25, 0.3) is 22.2 Å². The molecule has 0 unspecified atom stereocenters. The predicted octanol–water partition coefficient (Wildman–Crippen LogP) is 7.09. The van der Waals surface area contributed by atoms with E-state index >= 15 is 4.39 Å². The third-order valence-electron chi connectivity index (χ3n) is 5.66. The summed E-state index contributed by atoms with van der Waals surface area (Å²) in [6.45, 7) is 2.19. The van der Waals surface area contributed by atoms with Crippen molar-refractivity contribution in [2.45, 2.75) is 45.4 Å². The fourth-order valence-electron chi connectivity index (χ4n) is 3.81. The number of fused-ring (bicyclic) bond motifs is 1. The molecule has 2 nitrogen and oxygen atoms in total. The van der Waals surface area contributed by atoms with Crippen LogP contribution in [0.5, 0.6) is 0 Å². The maximum Gasteiger partial charge on any atom is 0.159 e. The van der Waals surface area contributed by atoms with Crippen LogP contribution in [0, 0.1) is 11.6 Å². The third-order valence-corrected chi connectivity index (χ3v) is 5.66. The highest BCUT2D eigenvalue weighted by molar-refractivity contribution is 5.87. The van der Waals surface area contributed by atoms with Crippen molar-refractivity contribution >= 4 is 10.8 Å². The summed E-state index contributed by atoms with van der Waals surface area (Å²) < 4.78 is 28.1. The lowest BCUT2D eigenvalue weighted by molar-refractivity contribution is 0.619. The fourth-order valence-corrected chi connectivity index (χ4v) is 3.81. The molecule has 4 aromatic rings. The monoisotopic (exact) mass is 416 g/mol. The first-order chi connectivity index (χ1) is 15.1. The summed E-state index contributed by atoms with van der Waals surface area (Å²) in [6.07, 6.45) is 9.57. The van der Waals surface area contributed by atoms with Gasteiger partial charge in [0.05, 0.1) is 0 Å². The zero-order chi connectivity index (χ0) is 21.6. The highest BCUT2D eigenvalue weighted by Gasteiger charge is 2.10. The number of rotatable bonds is 8. The van der Waals surface area contributed by atoms with E-state index in [-0.39, 0.29) is 11.6 Å². The van der Waals surface area contributed by atoms with E-state index in [1.807, 2.05) is 36.7 Å². The number of aromatic nitrogens is 2. The molecular weight excluding hydrogens is 390 g/mol. The Balaban J connectivity index is 1.50. The minimum atomic E-state index is -0.258. The van der Waals surface area contributed by atoms with Gasteiger partial charge in [0.2, 0.25) is 0 Å². The lowest BCUT2D eigenvalue weighted by Gasteiger charge is -2.09. The number of nitrogens with zero attached hydrogens (tertiary/aromatic N) is 2. The molecule has 0 saturated heterocycles. The van der Waals surface area contributed by atoms with Crippen LogP contribution in [0.1, 0.15) is 42.9 Å². The van der Waals surface area contributed by atoms with E-state index < -0.39 is 0 Å². The van der Waals surface area contributed by atoms with Crippen LogP contribution in [0.15, 0.2) is 67.0 Å². The number of benzene rings is 3. The zero-order valence-corrected chi connectivity index (χ0v) is 17.7. The summed E-state index contributed by atoms with van der Waals surface area (Å²) in [4.78, 5) is 9.02. The number of hydrogen-bond acceptors (Lipinski definition) is 2. The Kier molecular flexibility index (Phi) is 6.66. The van der Waals surface area contributed by atoms with E-state index in [2.05, 4.69) is 16.9 Å². The highest BCUT2D eigenvalue weighted by atomic mass is 19.1. The maximum absolute atomic E-state index is 15.1. The third kappa shape index (κ3) is 5.13. The Bertz CT molecular complexity index is 1150. The van der Waals surface area contributed by atoms with Gasteiger partial charge in [-0.2, -0.15) is 0 Å². The summed E-state index contributed by atoms with van der Waals surface area (Å²) in [7, 11) is 0. The molecule has 158 valence electrons. The van der Waals surface area contributed by atoms with E-state index in [4.69, 9.17) is 0 Å². The smallest absolute Gasteiger partial charge is 0.159 e. The van der Waals surface area contributed by atoms with Crippen molar-refractivity contribution in [3.63, 3.8) is 0 Å².